The van der Waals surface area contributed by atoms with E-state index >= 15 is 0 Å². The molecule has 0 spiro atoms. The molecule has 0 N–H and O–H groups in total. The van der Waals surface area contributed by atoms with Crippen LogP contribution in [0, 0.1) is 0 Å². The van der Waals surface area contributed by atoms with Gasteiger partial charge in [-0.1, -0.05) is 30.3 Å². The molecule has 0 fully saturated rings. The molecular formula is C21H16N3O2+. The molecule has 2 aliphatic heterocycles. The number of nitrogens with zero attached hydrogens (tertiary/aromatic N) is 3. The molecule has 4 aromatic rings. The quantitative estimate of drug-likeness (QED) is 0.524. The van der Waals surface area contributed by atoms with Crippen LogP contribution in [0.2, 0.25) is 0 Å². The molecule has 0 radical (unpaired) electrons. The maximum atomic E-state index is 5.40. The van der Waals surface area contributed by atoms with Gasteiger partial charge in [-0.05, 0) is 5.56 Å². The molecule has 3 aromatic heterocycles. The molecule has 0 saturated heterocycles. The molecule has 126 valence electrons. The maximum absolute atomic E-state index is 5.40. The van der Waals surface area contributed by atoms with Crippen molar-refractivity contribution in [1.82, 2.24) is 9.97 Å². The zero-order chi connectivity index (χ0) is 17.1. The van der Waals surface area contributed by atoms with Crippen LogP contribution in [0.25, 0.3) is 0 Å². The predicted molar refractivity (Wildman–Crippen MR) is 91.5 cm³/mol. The molecule has 5 heteroatoms. The lowest BCUT2D eigenvalue weighted by Gasteiger charge is -2.47. The van der Waals surface area contributed by atoms with E-state index < -0.39 is 5.41 Å². The summed E-state index contributed by atoms with van der Waals surface area (Å²) in [6.45, 7) is 0. The third-order valence-corrected chi connectivity index (χ3v) is 6.01. The van der Waals surface area contributed by atoms with E-state index in [4.69, 9.17) is 8.83 Å². The highest BCUT2D eigenvalue weighted by molar-refractivity contribution is 5.51. The highest BCUT2D eigenvalue weighted by Crippen LogP contribution is 2.58. The van der Waals surface area contributed by atoms with Crippen molar-refractivity contribution in [2.75, 3.05) is 0 Å². The lowest BCUT2D eigenvalue weighted by Crippen LogP contribution is -2.60. The Morgan fingerprint density at radius 3 is 2.27 bits per heavy atom. The summed E-state index contributed by atoms with van der Waals surface area (Å²) in [5, 5.41) is 0. The Bertz CT molecular complexity index is 1000. The summed E-state index contributed by atoms with van der Waals surface area (Å²) in [5.41, 5.74) is 5.40. The molecule has 1 aliphatic carbocycles. The van der Waals surface area contributed by atoms with Gasteiger partial charge in [-0.15, -0.1) is 0 Å². The maximum Gasteiger partial charge on any atom is 0.190 e. The number of hydrogen-bond acceptors (Lipinski definition) is 4. The Labute approximate surface area is 150 Å². The Balaban J connectivity index is 1.73. The van der Waals surface area contributed by atoms with Gasteiger partial charge in [-0.3, -0.25) is 0 Å². The van der Waals surface area contributed by atoms with Gasteiger partial charge in [-0.2, -0.15) is 4.57 Å². The van der Waals surface area contributed by atoms with Crippen LogP contribution in [0.3, 0.4) is 0 Å². The van der Waals surface area contributed by atoms with Gasteiger partial charge in [0.25, 0.3) is 0 Å². The first kappa shape index (κ1) is 14.0. The van der Waals surface area contributed by atoms with E-state index in [1.807, 2.05) is 0 Å². The van der Waals surface area contributed by atoms with E-state index in [0.717, 1.165) is 17.8 Å². The van der Waals surface area contributed by atoms with E-state index in [0.29, 0.717) is 0 Å². The highest BCUT2D eigenvalue weighted by Gasteiger charge is 2.61. The molecule has 0 saturated carbocycles. The van der Waals surface area contributed by atoms with Crippen molar-refractivity contribution in [3.63, 3.8) is 0 Å². The summed E-state index contributed by atoms with van der Waals surface area (Å²) in [4.78, 5) is 9.15. The number of fused-ring (bicyclic) bond motifs is 1. The largest absolute Gasteiger partial charge is 0.451 e. The number of hydrogen-bond donors (Lipinski definition) is 0. The third kappa shape index (κ3) is 1.58. The lowest BCUT2D eigenvalue weighted by molar-refractivity contribution is -0.732. The molecule has 7 rings (SSSR count). The Morgan fingerprint density at radius 1 is 0.885 bits per heavy atom. The van der Waals surface area contributed by atoms with Gasteiger partial charge in [0.2, 0.25) is 0 Å². The summed E-state index contributed by atoms with van der Waals surface area (Å²) in [5.74, 6) is 0.0973. The highest BCUT2D eigenvalue weighted by atomic mass is 16.3. The molecule has 2 bridgehead atoms. The Kier molecular flexibility index (Phi) is 2.65. The summed E-state index contributed by atoms with van der Waals surface area (Å²) in [7, 11) is 0. The van der Waals surface area contributed by atoms with E-state index in [1.54, 1.807) is 12.5 Å². The van der Waals surface area contributed by atoms with E-state index in [1.165, 1.54) is 29.6 Å². The summed E-state index contributed by atoms with van der Waals surface area (Å²) < 4.78 is 13.2. The van der Waals surface area contributed by atoms with Crippen molar-refractivity contribution in [1.29, 1.82) is 0 Å². The van der Waals surface area contributed by atoms with Crippen molar-refractivity contribution in [2.24, 2.45) is 0 Å². The van der Waals surface area contributed by atoms with Crippen molar-refractivity contribution in [3.8, 4) is 0 Å². The zero-order valence-electron chi connectivity index (χ0n) is 13.9. The second-order valence-electron chi connectivity index (χ2n) is 7.03. The second kappa shape index (κ2) is 4.91. The van der Waals surface area contributed by atoms with E-state index in [2.05, 4.69) is 63.2 Å². The first-order valence-electron chi connectivity index (χ1n) is 8.76. The van der Waals surface area contributed by atoms with Crippen molar-refractivity contribution < 1.29 is 13.4 Å². The van der Waals surface area contributed by atoms with Crippen LogP contribution in [0.4, 0.5) is 0 Å². The standard InChI is InChI=1S/C21H16N3O2/c1-2-6-15-14(5-1)17-9-21(18-10-25-12-22-18,19-11-26-13-23-19)20(15)16-7-3-4-8-24(16)17/h1-8,10-13,17,20H,9H2/q+1/t17-,20+/m1/s1. The van der Waals surface area contributed by atoms with E-state index in [9.17, 15) is 0 Å². The average molecular weight is 342 g/mol. The van der Waals surface area contributed by atoms with Crippen molar-refractivity contribution >= 4 is 0 Å². The minimum Gasteiger partial charge on any atom is -0.451 e. The second-order valence-corrected chi connectivity index (χ2v) is 7.03. The predicted octanol–water partition coefficient (Wildman–Crippen LogP) is 3.37. The zero-order valence-corrected chi connectivity index (χ0v) is 13.9. The molecule has 1 aromatic carbocycles. The number of benzene rings is 1. The summed E-state index contributed by atoms with van der Waals surface area (Å²) in [6.07, 6.45) is 9.57. The Hall–Kier alpha value is -3.21. The Morgan fingerprint density at radius 2 is 1.58 bits per heavy atom. The topological polar surface area (TPSA) is 55.9 Å². The van der Waals surface area contributed by atoms with Crippen LogP contribution in [0.1, 0.15) is 46.6 Å². The minimum absolute atomic E-state index is 0.0973. The number of pyridine rings is 1. The van der Waals surface area contributed by atoms with Crippen LogP contribution in [0.5, 0.6) is 0 Å². The molecule has 5 heterocycles. The van der Waals surface area contributed by atoms with Gasteiger partial charge >= 0.3 is 0 Å². The smallest absolute Gasteiger partial charge is 0.190 e. The SMILES string of the molecule is c1ccc2c(c1)[C@H]1c3cccc[n+]3[C@@H]2CC1(c1cocn1)c1cocn1. The van der Waals surface area contributed by atoms with Gasteiger partial charge in [0, 0.05) is 24.1 Å². The first-order chi connectivity index (χ1) is 12.9. The van der Waals surface area contributed by atoms with Gasteiger partial charge in [0.15, 0.2) is 30.7 Å². The van der Waals surface area contributed by atoms with Crippen LogP contribution in [0.15, 0.2) is 82.8 Å². The first-order valence-corrected chi connectivity index (χ1v) is 8.76. The molecular weight excluding hydrogens is 326 g/mol. The molecule has 3 aliphatic rings. The average Bonchev–Trinajstić information content (AvgIpc) is 3.42. The molecule has 5 nitrogen and oxygen atoms in total. The van der Waals surface area contributed by atoms with Crippen LogP contribution in [-0.4, -0.2) is 9.97 Å². The molecule has 0 unspecified atom stereocenters. The molecule has 0 amide bonds. The summed E-state index contributed by atoms with van der Waals surface area (Å²) >= 11 is 0. The van der Waals surface area contributed by atoms with Gasteiger partial charge in [0.05, 0.1) is 22.7 Å². The monoisotopic (exact) mass is 342 g/mol. The number of rotatable bonds is 2. The van der Waals surface area contributed by atoms with Crippen molar-refractivity contribution in [2.45, 2.75) is 23.8 Å². The fourth-order valence-corrected chi connectivity index (χ4v) is 5.04. The number of aromatic nitrogens is 3. The fraction of sp³-hybridized carbons (Fsp3) is 0.190. The fourth-order valence-electron chi connectivity index (χ4n) is 5.04. The van der Waals surface area contributed by atoms with Gasteiger partial charge < -0.3 is 8.83 Å². The van der Waals surface area contributed by atoms with E-state index in [-0.39, 0.29) is 12.0 Å². The van der Waals surface area contributed by atoms with Gasteiger partial charge in [0.1, 0.15) is 12.5 Å². The van der Waals surface area contributed by atoms with Crippen LogP contribution in [-0.2, 0) is 5.41 Å². The summed E-state index contributed by atoms with van der Waals surface area (Å²) in [6, 6.07) is 15.3. The van der Waals surface area contributed by atoms with Crippen molar-refractivity contribution in [3.05, 3.63) is 102 Å². The minimum atomic E-state index is -0.402. The van der Waals surface area contributed by atoms with Crippen LogP contribution < -0.4 is 4.57 Å². The molecule has 26 heavy (non-hydrogen) atoms. The number of oxazole rings is 2. The normalized spacial score (nSPS) is 22.0. The van der Waals surface area contributed by atoms with Gasteiger partial charge in [-0.25, -0.2) is 9.97 Å². The van der Waals surface area contributed by atoms with Crippen LogP contribution >= 0.6 is 0 Å². The molecule has 2 atom stereocenters. The third-order valence-electron chi connectivity index (χ3n) is 6.01. The lowest BCUT2D eigenvalue weighted by atomic mass is 9.56.